The first-order valence-corrected chi connectivity index (χ1v) is 7.59. The number of methoxy groups -OCH3 is 1. The minimum atomic E-state index is 0.772. The van der Waals surface area contributed by atoms with E-state index < -0.39 is 0 Å². The summed E-state index contributed by atoms with van der Waals surface area (Å²) >= 11 is 2.08. The van der Waals surface area contributed by atoms with E-state index in [1.54, 1.807) is 7.11 Å². The Morgan fingerprint density at radius 2 is 2.19 bits per heavy atom. The zero-order valence-corrected chi connectivity index (χ0v) is 11.1. The van der Waals surface area contributed by atoms with Crippen molar-refractivity contribution in [1.82, 2.24) is 10.2 Å². The molecule has 1 saturated heterocycles. The number of hydrogen-bond acceptors (Lipinski definition) is 4. The van der Waals surface area contributed by atoms with Gasteiger partial charge >= 0.3 is 0 Å². The molecule has 0 aromatic carbocycles. The highest BCUT2D eigenvalue weighted by molar-refractivity contribution is 7.99. The highest BCUT2D eigenvalue weighted by Gasteiger charge is 2.28. The summed E-state index contributed by atoms with van der Waals surface area (Å²) in [6.07, 6.45) is 4.14. The largest absolute Gasteiger partial charge is 0.383 e. The minimum absolute atomic E-state index is 0.772. The van der Waals surface area contributed by atoms with Gasteiger partial charge in [0.15, 0.2) is 0 Å². The van der Waals surface area contributed by atoms with Gasteiger partial charge in [0.05, 0.1) is 6.61 Å². The Bertz CT molecular complexity index is 193. The lowest BCUT2D eigenvalue weighted by Gasteiger charge is -2.22. The summed E-state index contributed by atoms with van der Waals surface area (Å²) < 4.78 is 5.16. The lowest BCUT2D eigenvalue weighted by atomic mass is 10.2. The molecule has 2 rings (SSSR count). The van der Waals surface area contributed by atoms with Crippen molar-refractivity contribution in [2.24, 2.45) is 0 Å². The average Bonchev–Trinajstić information content (AvgIpc) is 3.01. The molecule has 0 aromatic heterocycles. The first kappa shape index (κ1) is 12.7. The van der Waals surface area contributed by atoms with Crippen molar-refractivity contribution in [3.05, 3.63) is 0 Å². The van der Waals surface area contributed by atoms with Crippen LogP contribution in [0.2, 0.25) is 0 Å². The Kier molecular flexibility index (Phi) is 5.42. The van der Waals surface area contributed by atoms with Crippen LogP contribution in [0.25, 0.3) is 0 Å². The van der Waals surface area contributed by atoms with Crippen molar-refractivity contribution in [3.63, 3.8) is 0 Å². The number of rotatable bonds is 8. The second-order valence-corrected chi connectivity index (χ2v) is 5.92. The van der Waals surface area contributed by atoms with E-state index >= 15 is 0 Å². The van der Waals surface area contributed by atoms with Gasteiger partial charge in [0.25, 0.3) is 0 Å². The third-order valence-corrected chi connectivity index (χ3v) is 4.57. The molecule has 1 saturated carbocycles. The van der Waals surface area contributed by atoms with E-state index in [-0.39, 0.29) is 0 Å². The predicted octanol–water partition coefficient (Wildman–Crippen LogP) is 1.19. The molecule has 94 valence electrons. The molecule has 1 unspecified atom stereocenters. The fourth-order valence-electron chi connectivity index (χ4n) is 2.23. The molecule has 4 heteroatoms. The SMILES string of the molecule is COCCN(CCNC1CCSC1)C1CC1. The molecule has 1 aliphatic carbocycles. The van der Waals surface area contributed by atoms with Crippen LogP contribution in [-0.4, -0.2) is 61.8 Å². The number of nitrogens with one attached hydrogen (secondary N) is 1. The summed E-state index contributed by atoms with van der Waals surface area (Å²) in [4.78, 5) is 2.58. The van der Waals surface area contributed by atoms with Crippen molar-refractivity contribution in [1.29, 1.82) is 0 Å². The maximum Gasteiger partial charge on any atom is 0.0589 e. The van der Waals surface area contributed by atoms with E-state index in [0.29, 0.717) is 0 Å². The Hall–Kier alpha value is 0.230. The summed E-state index contributed by atoms with van der Waals surface area (Å²) in [6.45, 7) is 4.30. The molecular weight excluding hydrogens is 220 g/mol. The summed E-state index contributed by atoms with van der Waals surface area (Å²) in [6, 6.07) is 1.63. The zero-order chi connectivity index (χ0) is 11.2. The third kappa shape index (κ3) is 4.24. The van der Waals surface area contributed by atoms with Gasteiger partial charge in [-0.25, -0.2) is 0 Å². The van der Waals surface area contributed by atoms with Gasteiger partial charge in [-0.15, -0.1) is 0 Å². The van der Waals surface area contributed by atoms with Gasteiger partial charge in [-0.05, 0) is 25.0 Å². The molecule has 1 aliphatic heterocycles. The molecular formula is C12H24N2OS. The molecule has 0 aromatic rings. The normalized spacial score (nSPS) is 25.5. The number of ether oxygens (including phenoxy) is 1. The molecule has 0 bridgehead atoms. The second kappa shape index (κ2) is 6.84. The first-order chi connectivity index (χ1) is 7.90. The van der Waals surface area contributed by atoms with Crippen LogP contribution in [0.4, 0.5) is 0 Å². The maximum atomic E-state index is 5.16. The predicted molar refractivity (Wildman–Crippen MR) is 70.2 cm³/mol. The molecule has 0 spiro atoms. The van der Waals surface area contributed by atoms with Crippen LogP contribution < -0.4 is 5.32 Å². The van der Waals surface area contributed by atoms with Crippen LogP contribution in [0, 0.1) is 0 Å². The van der Waals surface area contributed by atoms with Crippen LogP contribution in [-0.2, 0) is 4.74 Å². The lowest BCUT2D eigenvalue weighted by Crippen LogP contribution is -2.39. The number of nitrogens with zero attached hydrogens (tertiary/aromatic N) is 1. The second-order valence-electron chi connectivity index (χ2n) is 4.77. The summed E-state index contributed by atoms with van der Waals surface area (Å²) in [7, 11) is 1.79. The smallest absolute Gasteiger partial charge is 0.0589 e. The highest BCUT2D eigenvalue weighted by atomic mass is 32.2. The van der Waals surface area contributed by atoms with Gasteiger partial charge in [0, 0.05) is 44.6 Å². The van der Waals surface area contributed by atoms with Crippen LogP contribution in [0.1, 0.15) is 19.3 Å². The Labute approximate surface area is 103 Å². The van der Waals surface area contributed by atoms with Crippen molar-refractivity contribution >= 4 is 11.8 Å². The molecule has 2 aliphatic rings. The fraction of sp³-hybridized carbons (Fsp3) is 1.00. The topological polar surface area (TPSA) is 24.5 Å². The van der Waals surface area contributed by atoms with Gasteiger partial charge in [-0.3, -0.25) is 4.90 Å². The number of hydrogen-bond donors (Lipinski definition) is 1. The van der Waals surface area contributed by atoms with E-state index in [0.717, 1.165) is 31.8 Å². The van der Waals surface area contributed by atoms with E-state index in [1.165, 1.54) is 37.3 Å². The van der Waals surface area contributed by atoms with E-state index in [4.69, 9.17) is 4.74 Å². The number of thioether (sulfide) groups is 1. The van der Waals surface area contributed by atoms with Crippen LogP contribution >= 0.6 is 11.8 Å². The molecule has 0 radical (unpaired) electrons. The van der Waals surface area contributed by atoms with Crippen molar-refractivity contribution < 1.29 is 4.74 Å². The van der Waals surface area contributed by atoms with E-state index in [9.17, 15) is 0 Å². The monoisotopic (exact) mass is 244 g/mol. The minimum Gasteiger partial charge on any atom is -0.383 e. The van der Waals surface area contributed by atoms with Gasteiger partial charge in [-0.1, -0.05) is 0 Å². The zero-order valence-electron chi connectivity index (χ0n) is 10.3. The van der Waals surface area contributed by atoms with E-state index in [2.05, 4.69) is 22.0 Å². The Morgan fingerprint density at radius 1 is 1.31 bits per heavy atom. The average molecular weight is 244 g/mol. The van der Waals surface area contributed by atoms with Gasteiger partial charge < -0.3 is 10.1 Å². The van der Waals surface area contributed by atoms with Crippen LogP contribution in [0.3, 0.4) is 0 Å². The third-order valence-electron chi connectivity index (χ3n) is 3.41. The lowest BCUT2D eigenvalue weighted by molar-refractivity contribution is 0.143. The Balaban J connectivity index is 1.57. The molecule has 3 nitrogen and oxygen atoms in total. The Morgan fingerprint density at radius 3 is 2.81 bits per heavy atom. The van der Waals surface area contributed by atoms with Crippen LogP contribution in [0.5, 0.6) is 0 Å². The summed E-state index contributed by atoms with van der Waals surface area (Å²) in [5.74, 6) is 2.65. The van der Waals surface area contributed by atoms with Gasteiger partial charge in [0.1, 0.15) is 0 Å². The van der Waals surface area contributed by atoms with Gasteiger partial charge in [-0.2, -0.15) is 11.8 Å². The standard InChI is InChI=1S/C12H24N2OS/c1-15-8-7-14(12-2-3-12)6-5-13-11-4-9-16-10-11/h11-13H,2-10H2,1H3. The summed E-state index contributed by atoms with van der Waals surface area (Å²) in [5, 5.41) is 3.67. The van der Waals surface area contributed by atoms with E-state index in [1.807, 2.05) is 0 Å². The maximum absolute atomic E-state index is 5.16. The van der Waals surface area contributed by atoms with Crippen LogP contribution in [0.15, 0.2) is 0 Å². The fourth-order valence-corrected chi connectivity index (χ4v) is 3.42. The molecule has 0 amide bonds. The molecule has 1 atom stereocenters. The highest BCUT2D eigenvalue weighted by Crippen LogP contribution is 2.26. The van der Waals surface area contributed by atoms with Crippen molar-refractivity contribution in [2.75, 3.05) is 44.9 Å². The van der Waals surface area contributed by atoms with Crippen molar-refractivity contribution in [2.45, 2.75) is 31.3 Å². The molecule has 16 heavy (non-hydrogen) atoms. The molecule has 2 fully saturated rings. The summed E-state index contributed by atoms with van der Waals surface area (Å²) in [5.41, 5.74) is 0. The van der Waals surface area contributed by atoms with Gasteiger partial charge in [0.2, 0.25) is 0 Å². The molecule has 1 heterocycles. The van der Waals surface area contributed by atoms with Crippen molar-refractivity contribution in [3.8, 4) is 0 Å². The first-order valence-electron chi connectivity index (χ1n) is 6.44. The quantitative estimate of drug-likeness (QED) is 0.693. The molecule has 1 N–H and O–H groups in total.